The van der Waals surface area contributed by atoms with Gasteiger partial charge in [-0.15, -0.1) is 0 Å². The second-order valence-corrected chi connectivity index (χ2v) is 9.99. The maximum atomic E-state index is 13.4. The van der Waals surface area contributed by atoms with E-state index in [1.807, 2.05) is 27.7 Å². The van der Waals surface area contributed by atoms with Crippen molar-refractivity contribution in [1.82, 2.24) is 4.31 Å². The minimum atomic E-state index is -3.95. The Hall–Kier alpha value is -1.03. The number of rotatable bonds is 3. The number of alkyl halides is 2. The van der Waals surface area contributed by atoms with E-state index in [1.165, 1.54) is 12.1 Å². The van der Waals surface area contributed by atoms with Crippen LogP contribution in [0.25, 0.3) is 0 Å². The Kier molecular flexibility index (Phi) is 4.54. The molecular formula is C17H24BF2NO4S. The van der Waals surface area contributed by atoms with Gasteiger partial charge in [-0.3, -0.25) is 0 Å². The first-order valence-electron chi connectivity index (χ1n) is 8.59. The molecule has 144 valence electrons. The third-order valence-corrected chi connectivity index (χ3v) is 7.36. The van der Waals surface area contributed by atoms with Crippen LogP contribution in [0.15, 0.2) is 23.1 Å². The fourth-order valence-electron chi connectivity index (χ4n) is 3.10. The van der Waals surface area contributed by atoms with Crippen molar-refractivity contribution in [3.8, 4) is 0 Å². The summed E-state index contributed by atoms with van der Waals surface area (Å²) < 4.78 is 64.9. The second kappa shape index (κ2) is 5.99. The van der Waals surface area contributed by atoms with Crippen LogP contribution in [0.3, 0.4) is 0 Å². The molecule has 0 aliphatic carbocycles. The number of nitrogens with zero attached hydrogens (tertiary/aromatic N) is 1. The Morgan fingerprint density at radius 3 is 2.15 bits per heavy atom. The van der Waals surface area contributed by atoms with Gasteiger partial charge >= 0.3 is 7.12 Å². The molecule has 0 amide bonds. The first kappa shape index (κ1) is 19.7. The van der Waals surface area contributed by atoms with Crippen LogP contribution in [0.2, 0.25) is 0 Å². The van der Waals surface area contributed by atoms with Crippen LogP contribution in [0.4, 0.5) is 8.78 Å². The zero-order valence-corrected chi connectivity index (χ0v) is 16.5. The van der Waals surface area contributed by atoms with Crippen LogP contribution in [-0.4, -0.2) is 50.1 Å². The van der Waals surface area contributed by atoms with Crippen molar-refractivity contribution in [2.45, 2.75) is 63.1 Å². The van der Waals surface area contributed by atoms with Gasteiger partial charge in [0, 0.05) is 13.0 Å². The summed E-state index contributed by atoms with van der Waals surface area (Å²) >= 11 is 0. The number of benzene rings is 1. The fraction of sp³-hybridized carbons (Fsp3) is 0.647. The molecule has 9 heteroatoms. The molecule has 0 saturated carbocycles. The van der Waals surface area contributed by atoms with E-state index in [2.05, 4.69) is 0 Å². The van der Waals surface area contributed by atoms with Crippen LogP contribution in [0.5, 0.6) is 0 Å². The average molecular weight is 387 g/mol. The van der Waals surface area contributed by atoms with Crippen molar-refractivity contribution in [1.29, 1.82) is 0 Å². The minimum absolute atomic E-state index is 0.00738. The lowest BCUT2D eigenvalue weighted by atomic mass is 9.76. The van der Waals surface area contributed by atoms with Crippen LogP contribution >= 0.6 is 0 Å². The monoisotopic (exact) mass is 387 g/mol. The highest BCUT2D eigenvalue weighted by Gasteiger charge is 2.52. The van der Waals surface area contributed by atoms with Crippen LogP contribution < -0.4 is 5.46 Å². The molecule has 3 rings (SSSR count). The van der Waals surface area contributed by atoms with Crippen molar-refractivity contribution in [3.63, 3.8) is 0 Å². The maximum Gasteiger partial charge on any atom is 0.495 e. The molecule has 0 radical (unpaired) electrons. The Morgan fingerprint density at radius 2 is 1.69 bits per heavy atom. The van der Waals surface area contributed by atoms with E-state index in [0.29, 0.717) is 5.56 Å². The van der Waals surface area contributed by atoms with Crippen LogP contribution in [0, 0.1) is 6.92 Å². The van der Waals surface area contributed by atoms with E-state index >= 15 is 0 Å². The molecule has 5 nitrogen and oxygen atoms in total. The highest BCUT2D eigenvalue weighted by atomic mass is 32.2. The molecule has 2 fully saturated rings. The standard InChI is InChI=1S/C17H24BF2NO4S/c1-12-10-13(26(22,23)21-9-8-17(19,20)11-21)6-7-14(12)18-24-15(2,3)16(4,5)25-18/h6-7,10H,8-9,11H2,1-5H3. The van der Waals surface area contributed by atoms with Crippen molar-refractivity contribution < 1.29 is 26.5 Å². The number of hydrogen-bond donors (Lipinski definition) is 0. The molecule has 0 N–H and O–H groups in total. The first-order valence-corrected chi connectivity index (χ1v) is 10.0. The van der Waals surface area contributed by atoms with Gasteiger partial charge in [0.2, 0.25) is 10.0 Å². The molecule has 0 aromatic heterocycles. The van der Waals surface area contributed by atoms with Crippen molar-refractivity contribution in [2.75, 3.05) is 13.1 Å². The summed E-state index contributed by atoms with van der Waals surface area (Å²) in [6, 6.07) is 4.56. The number of sulfonamides is 1. The first-order chi connectivity index (χ1) is 11.8. The summed E-state index contributed by atoms with van der Waals surface area (Å²) in [6.07, 6.45) is -0.447. The van der Waals surface area contributed by atoms with Gasteiger partial charge in [-0.05, 0) is 52.2 Å². The van der Waals surface area contributed by atoms with Gasteiger partial charge in [-0.2, -0.15) is 4.31 Å². The summed E-state index contributed by atoms with van der Waals surface area (Å²) in [4.78, 5) is 0.00738. The Balaban J connectivity index is 1.87. The van der Waals surface area contributed by atoms with Crippen LogP contribution in [0.1, 0.15) is 39.7 Å². The molecule has 0 unspecified atom stereocenters. The highest BCUT2D eigenvalue weighted by molar-refractivity contribution is 7.89. The number of hydrogen-bond acceptors (Lipinski definition) is 4. The van der Waals surface area contributed by atoms with Gasteiger partial charge in [-0.25, -0.2) is 17.2 Å². The summed E-state index contributed by atoms with van der Waals surface area (Å²) in [7, 11) is -4.55. The lowest BCUT2D eigenvalue weighted by molar-refractivity contribution is 0.00578. The van der Waals surface area contributed by atoms with Crippen molar-refractivity contribution in [3.05, 3.63) is 23.8 Å². The van der Waals surface area contributed by atoms with E-state index in [-0.39, 0.29) is 11.4 Å². The van der Waals surface area contributed by atoms with Crippen molar-refractivity contribution in [2.24, 2.45) is 0 Å². The molecule has 26 heavy (non-hydrogen) atoms. The average Bonchev–Trinajstić information content (AvgIpc) is 2.95. The molecule has 2 saturated heterocycles. The predicted octanol–water partition coefficient (Wildman–Crippen LogP) is 2.32. The largest absolute Gasteiger partial charge is 0.495 e. The molecule has 0 atom stereocenters. The maximum absolute atomic E-state index is 13.4. The van der Waals surface area contributed by atoms with Crippen LogP contribution in [-0.2, 0) is 19.3 Å². The number of aryl methyl sites for hydroxylation is 1. The topological polar surface area (TPSA) is 55.8 Å². The zero-order valence-electron chi connectivity index (χ0n) is 15.7. The molecule has 0 spiro atoms. The molecule has 1 aromatic rings. The predicted molar refractivity (Wildman–Crippen MR) is 95.2 cm³/mol. The van der Waals surface area contributed by atoms with E-state index in [0.717, 1.165) is 9.77 Å². The molecule has 2 aliphatic heterocycles. The van der Waals surface area contributed by atoms with Gasteiger partial charge in [-0.1, -0.05) is 11.6 Å². The summed E-state index contributed by atoms with van der Waals surface area (Å²) in [5, 5.41) is 0. The Labute approximate surface area is 153 Å². The summed E-state index contributed by atoms with van der Waals surface area (Å²) in [5.74, 6) is -2.97. The van der Waals surface area contributed by atoms with Crippen molar-refractivity contribution >= 4 is 22.6 Å². The third-order valence-electron chi connectivity index (χ3n) is 5.52. The van der Waals surface area contributed by atoms with E-state index in [4.69, 9.17) is 9.31 Å². The van der Waals surface area contributed by atoms with Gasteiger partial charge in [0.05, 0.1) is 22.6 Å². The SMILES string of the molecule is Cc1cc(S(=O)(=O)N2CCC(F)(F)C2)ccc1B1OC(C)(C)C(C)(C)O1. The number of halogens is 2. The van der Waals surface area contributed by atoms with Gasteiger partial charge in [0.1, 0.15) is 0 Å². The van der Waals surface area contributed by atoms with E-state index in [1.54, 1.807) is 13.0 Å². The van der Waals surface area contributed by atoms with Gasteiger partial charge in [0.15, 0.2) is 0 Å². The minimum Gasteiger partial charge on any atom is -0.399 e. The fourth-order valence-corrected chi connectivity index (χ4v) is 4.66. The molecule has 2 aliphatic rings. The third kappa shape index (κ3) is 3.30. The lowest BCUT2D eigenvalue weighted by Gasteiger charge is -2.32. The highest BCUT2D eigenvalue weighted by Crippen LogP contribution is 2.37. The Bertz CT molecular complexity index is 810. The van der Waals surface area contributed by atoms with Gasteiger partial charge < -0.3 is 9.31 Å². The molecule has 1 aromatic carbocycles. The molecule has 0 bridgehead atoms. The summed E-state index contributed by atoms with van der Waals surface area (Å²) in [6.45, 7) is 8.57. The molecule has 2 heterocycles. The lowest BCUT2D eigenvalue weighted by Crippen LogP contribution is -2.41. The molecular weight excluding hydrogens is 363 g/mol. The zero-order chi connectivity index (χ0) is 19.5. The second-order valence-electron chi connectivity index (χ2n) is 8.05. The normalized spacial score (nSPS) is 25.0. The quantitative estimate of drug-likeness (QED) is 0.748. The smallest absolute Gasteiger partial charge is 0.399 e. The van der Waals surface area contributed by atoms with E-state index in [9.17, 15) is 17.2 Å². The van der Waals surface area contributed by atoms with E-state index < -0.39 is 47.2 Å². The Morgan fingerprint density at radius 1 is 1.12 bits per heavy atom. The summed E-state index contributed by atoms with van der Waals surface area (Å²) in [5.41, 5.74) is 0.399. The van der Waals surface area contributed by atoms with Gasteiger partial charge in [0.25, 0.3) is 5.92 Å².